The SMILES string of the molecule is COc1ccc(/C=C/C(=O)Nc2cnn(C)c2C(N)=O)cc1. The number of anilines is 1. The minimum Gasteiger partial charge on any atom is -0.497 e. The fraction of sp³-hybridized carbons (Fsp3) is 0.133. The third kappa shape index (κ3) is 3.51. The van der Waals surface area contributed by atoms with Crippen LogP contribution in [-0.4, -0.2) is 28.7 Å². The summed E-state index contributed by atoms with van der Waals surface area (Å²) in [4.78, 5) is 23.2. The Morgan fingerprint density at radius 1 is 1.32 bits per heavy atom. The monoisotopic (exact) mass is 300 g/mol. The van der Waals surface area contributed by atoms with Gasteiger partial charge in [0.2, 0.25) is 5.91 Å². The number of hydrogen-bond donors (Lipinski definition) is 2. The zero-order valence-electron chi connectivity index (χ0n) is 12.2. The molecule has 0 radical (unpaired) electrons. The van der Waals surface area contributed by atoms with E-state index in [1.165, 1.54) is 17.0 Å². The van der Waals surface area contributed by atoms with E-state index in [4.69, 9.17) is 10.5 Å². The van der Waals surface area contributed by atoms with E-state index in [0.717, 1.165) is 11.3 Å². The lowest BCUT2D eigenvalue weighted by molar-refractivity contribution is -0.111. The predicted molar refractivity (Wildman–Crippen MR) is 82.4 cm³/mol. The molecule has 0 unspecified atom stereocenters. The highest BCUT2D eigenvalue weighted by Gasteiger charge is 2.14. The molecule has 1 aromatic carbocycles. The molecule has 0 spiro atoms. The van der Waals surface area contributed by atoms with Gasteiger partial charge in [0, 0.05) is 13.1 Å². The molecule has 3 N–H and O–H groups in total. The van der Waals surface area contributed by atoms with E-state index in [0.29, 0.717) is 0 Å². The largest absolute Gasteiger partial charge is 0.497 e. The number of nitrogens with zero attached hydrogens (tertiary/aromatic N) is 2. The van der Waals surface area contributed by atoms with Crippen molar-refractivity contribution < 1.29 is 14.3 Å². The zero-order valence-corrected chi connectivity index (χ0v) is 12.2. The lowest BCUT2D eigenvalue weighted by Crippen LogP contribution is -2.19. The Morgan fingerprint density at radius 2 is 2.00 bits per heavy atom. The number of amides is 2. The van der Waals surface area contributed by atoms with Gasteiger partial charge in [0.25, 0.3) is 5.91 Å². The average Bonchev–Trinajstić information content (AvgIpc) is 2.86. The summed E-state index contributed by atoms with van der Waals surface area (Å²) in [5.74, 6) is -0.302. The molecule has 0 aliphatic carbocycles. The van der Waals surface area contributed by atoms with Crippen molar-refractivity contribution in [2.75, 3.05) is 12.4 Å². The molecule has 1 aromatic heterocycles. The molecule has 0 atom stereocenters. The zero-order chi connectivity index (χ0) is 16.1. The van der Waals surface area contributed by atoms with Gasteiger partial charge in [-0.2, -0.15) is 5.10 Å². The summed E-state index contributed by atoms with van der Waals surface area (Å²) in [6.07, 6.45) is 4.38. The van der Waals surface area contributed by atoms with Crippen molar-refractivity contribution in [2.45, 2.75) is 0 Å². The molecule has 0 aliphatic heterocycles. The van der Waals surface area contributed by atoms with Crippen LogP contribution in [0, 0.1) is 0 Å². The van der Waals surface area contributed by atoms with Gasteiger partial charge in [0.15, 0.2) is 0 Å². The molecule has 1 heterocycles. The van der Waals surface area contributed by atoms with Crippen LogP contribution >= 0.6 is 0 Å². The molecule has 2 amide bonds. The topological polar surface area (TPSA) is 99.2 Å². The number of carbonyl (C=O) groups excluding carboxylic acids is 2. The van der Waals surface area contributed by atoms with Crippen LogP contribution in [0.2, 0.25) is 0 Å². The van der Waals surface area contributed by atoms with E-state index in [-0.39, 0.29) is 17.3 Å². The van der Waals surface area contributed by atoms with E-state index < -0.39 is 5.91 Å². The van der Waals surface area contributed by atoms with Gasteiger partial charge < -0.3 is 15.8 Å². The number of benzene rings is 1. The van der Waals surface area contributed by atoms with Crippen LogP contribution in [0.1, 0.15) is 16.1 Å². The summed E-state index contributed by atoms with van der Waals surface area (Å²) >= 11 is 0. The van der Waals surface area contributed by atoms with Crippen molar-refractivity contribution in [2.24, 2.45) is 12.8 Å². The fourth-order valence-corrected chi connectivity index (χ4v) is 1.88. The van der Waals surface area contributed by atoms with E-state index >= 15 is 0 Å². The van der Waals surface area contributed by atoms with Gasteiger partial charge in [-0.05, 0) is 23.8 Å². The van der Waals surface area contributed by atoms with Crippen LogP contribution in [0.3, 0.4) is 0 Å². The van der Waals surface area contributed by atoms with Crippen LogP contribution < -0.4 is 15.8 Å². The number of nitrogens with one attached hydrogen (secondary N) is 1. The summed E-state index contributed by atoms with van der Waals surface area (Å²) in [5.41, 5.74) is 6.51. The van der Waals surface area contributed by atoms with Crippen LogP contribution in [0.4, 0.5) is 5.69 Å². The summed E-state index contributed by atoms with van der Waals surface area (Å²) in [6.45, 7) is 0. The van der Waals surface area contributed by atoms with Crippen molar-refractivity contribution in [3.05, 3.63) is 47.8 Å². The Morgan fingerprint density at radius 3 is 2.59 bits per heavy atom. The van der Waals surface area contributed by atoms with E-state index in [9.17, 15) is 9.59 Å². The number of ether oxygens (including phenoxy) is 1. The standard InChI is InChI=1S/C15H16N4O3/c1-19-14(15(16)21)12(9-17-19)18-13(20)8-5-10-3-6-11(22-2)7-4-10/h3-9H,1-2H3,(H2,16,21)(H,18,20)/b8-5+. The van der Waals surface area contributed by atoms with Crippen molar-refractivity contribution in [3.8, 4) is 5.75 Å². The minimum atomic E-state index is -0.658. The Bertz CT molecular complexity index is 717. The summed E-state index contributed by atoms with van der Waals surface area (Å²) < 4.78 is 6.37. The Kier molecular flexibility index (Phi) is 4.57. The van der Waals surface area contributed by atoms with E-state index in [1.807, 2.05) is 12.1 Å². The molecule has 0 saturated carbocycles. The van der Waals surface area contributed by atoms with Crippen molar-refractivity contribution >= 4 is 23.6 Å². The average molecular weight is 300 g/mol. The number of hydrogen-bond acceptors (Lipinski definition) is 4. The highest BCUT2D eigenvalue weighted by atomic mass is 16.5. The van der Waals surface area contributed by atoms with Crippen molar-refractivity contribution in [1.82, 2.24) is 9.78 Å². The van der Waals surface area contributed by atoms with Gasteiger partial charge in [-0.15, -0.1) is 0 Å². The number of primary amides is 1. The highest BCUT2D eigenvalue weighted by Crippen LogP contribution is 2.14. The molecule has 0 fully saturated rings. The van der Waals surface area contributed by atoms with Gasteiger partial charge in [0.1, 0.15) is 11.4 Å². The maximum absolute atomic E-state index is 11.9. The molecule has 0 bridgehead atoms. The first-order chi connectivity index (χ1) is 10.5. The normalized spacial score (nSPS) is 10.6. The third-order valence-corrected chi connectivity index (χ3v) is 2.97. The Balaban J connectivity index is 2.06. The number of rotatable bonds is 5. The third-order valence-electron chi connectivity index (χ3n) is 2.97. The molecule has 7 nitrogen and oxygen atoms in total. The van der Waals surface area contributed by atoms with E-state index in [1.54, 1.807) is 32.4 Å². The summed E-state index contributed by atoms with van der Waals surface area (Å²) in [5, 5.41) is 6.46. The number of carbonyl (C=O) groups is 2. The van der Waals surface area contributed by atoms with Crippen LogP contribution in [0.15, 0.2) is 36.5 Å². The van der Waals surface area contributed by atoms with Crippen LogP contribution in [0.5, 0.6) is 5.75 Å². The molecule has 2 rings (SSSR count). The van der Waals surface area contributed by atoms with Gasteiger partial charge >= 0.3 is 0 Å². The van der Waals surface area contributed by atoms with Crippen molar-refractivity contribution in [3.63, 3.8) is 0 Å². The maximum Gasteiger partial charge on any atom is 0.269 e. The van der Waals surface area contributed by atoms with E-state index in [2.05, 4.69) is 10.4 Å². The van der Waals surface area contributed by atoms with Gasteiger partial charge in [-0.3, -0.25) is 14.3 Å². The molecule has 7 heteroatoms. The Hall–Kier alpha value is -3.09. The molecule has 0 saturated heterocycles. The molecule has 0 aliphatic rings. The number of nitrogens with two attached hydrogens (primary N) is 1. The number of methoxy groups -OCH3 is 1. The first-order valence-corrected chi connectivity index (χ1v) is 6.46. The van der Waals surface area contributed by atoms with Crippen LogP contribution in [-0.2, 0) is 11.8 Å². The van der Waals surface area contributed by atoms with Gasteiger partial charge in [0.05, 0.1) is 19.0 Å². The van der Waals surface area contributed by atoms with Crippen LogP contribution in [0.25, 0.3) is 6.08 Å². The second-order valence-corrected chi connectivity index (χ2v) is 4.49. The fourth-order valence-electron chi connectivity index (χ4n) is 1.88. The lowest BCUT2D eigenvalue weighted by atomic mass is 10.2. The molecular weight excluding hydrogens is 284 g/mol. The Labute approximate surface area is 127 Å². The first-order valence-electron chi connectivity index (χ1n) is 6.46. The number of aryl methyl sites for hydroxylation is 1. The molecule has 114 valence electrons. The van der Waals surface area contributed by atoms with Gasteiger partial charge in [-0.25, -0.2) is 0 Å². The second kappa shape index (κ2) is 6.57. The molecular formula is C15H16N4O3. The smallest absolute Gasteiger partial charge is 0.269 e. The summed E-state index contributed by atoms with van der Waals surface area (Å²) in [6, 6.07) is 7.23. The minimum absolute atomic E-state index is 0.145. The highest BCUT2D eigenvalue weighted by molar-refractivity contribution is 6.06. The van der Waals surface area contributed by atoms with Gasteiger partial charge in [-0.1, -0.05) is 12.1 Å². The molecule has 22 heavy (non-hydrogen) atoms. The van der Waals surface area contributed by atoms with Crippen molar-refractivity contribution in [1.29, 1.82) is 0 Å². The second-order valence-electron chi connectivity index (χ2n) is 4.49. The molecule has 2 aromatic rings. The number of aromatic nitrogens is 2. The predicted octanol–water partition coefficient (Wildman–Crippen LogP) is 1.18. The maximum atomic E-state index is 11.9. The first kappa shape index (κ1) is 15.3. The quantitative estimate of drug-likeness (QED) is 0.810. The summed E-state index contributed by atoms with van der Waals surface area (Å²) in [7, 11) is 3.16. The lowest BCUT2D eigenvalue weighted by Gasteiger charge is -2.02.